The minimum Gasteiger partial charge on any atom is -0.494 e. The van der Waals surface area contributed by atoms with Crippen molar-refractivity contribution in [3.63, 3.8) is 0 Å². The van der Waals surface area contributed by atoms with Crippen LogP contribution in [-0.2, 0) is 6.54 Å². The minimum atomic E-state index is 0.454. The van der Waals surface area contributed by atoms with Crippen molar-refractivity contribution in [1.82, 2.24) is 15.1 Å². The lowest BCUT2D eigenvalue weighted by atomic mass is 9.94. The number of nitrogens with one attached hydrogen (secondary N) is 1. The van der Waals surface area contributed by atoms with Crippen LogP contribution >= 0.6 is 0 Å². The number of rotatable bonds is 4. The first-order chi connectivity index (χ1) is 10.3. The van der Waals surface area contributed by atoms with Crippen LogP contribution < -0.4 is 10.1 Å². The van der Waals surface area contributed by atoms with Gasteiger partial charge in [0.1, 0.15) is 5.75 Å². The van der Waals surface area contributed by atoms with E-state index in [1.807, 2.05) is 0 Å². The number of fused-ring (bicyclic) bond motifs is 1. The summed E-state index contributed by atoms with van der Waals surface area (Å²) in [4.78, 5) is 5.15. The Morgan fingerprint density at radius 2 is 2.00 bits per heavy atom. The molecule has 1 N–H and O–H groups in total. The number of benzene rings is 1. The Morgan fingerprint density at radius 1 is 1.19 bits per heavy atom. The SMILES string of the molecule is CCOc1cccc2c1[C@@H](N1CCN(CC)CC1)CNC2. The Morgan fingerprint density at radius 3 is 2.71 bits per heavy atom. The molecule has 2 heterocycles. The normalized spacial score (nSPS) is 23.8. The molecule has 1 atom stereocenters. The topological polar surface area (TPSA) is 27.7 Å². The van der Waals surface area contributed by atoms with E-state index in [1.54, 1.807) is 0 Å². The van der Waals surface area contributed by atoms with Crippen LogP contribution in [0.3, 0.4) is 0 Å². The molecule has 0 bridgehead atoms. The highest BCUT2D eigenvalue weighted by molar-refractivity contribution is 5.44. The third kappa shape index (κ3) is 3.07. The maximum absolute atomic E-state index is 5.90. The molecule has 0 unspecified atom stereocenters. The zero-order valence-electron chi connectivity index (χ0n) is 13.3. The highest BCUT2D eigenvalue weighted by Crippen LogP contribution is 2.35. The van der Waals surface area contributed by atoms with Gasteiger partial charge in [-0.2, -0.15) is 0 Å². The lowest BCUT2D eigenvalue weighted by molar-refractivity contribution is 0.0933. The van der Waals surface area contributed by atoms with Crippen molar-refractivity contribution >= 4 is 0 Å². The lowest BCUT2D eigenvalue weighted by Gasteiger charge is -2.41. The summed E-state index contributed by atoms with van der Waals surface area (Å²) in [5, 5.41) is 3.57. The maximum atomic E-state index is 5.90. The van der Waals surface area contributed by atoms with E-state index in [0.717, 1.165) is 45.1 Å². The van der Waals surface area contributed by atoms with Crippen LogP contribution in [0, 0.1) is 0 Å². The van der Waals surface area contributed by atoms with Crippen molar-refractivity contribution in [3.8, 4) is 5.75 Å². The summed E-state index contributed by atoms with van der Waals surface area (Å²) in [5.41, 5.74) is 2.82. The Kier molecular flexibility index (Phi) is 4.78. The van der Waals surface area contributed by atoms with E-state index < -0.39 is 0 Å². The van der Waals surface area contributed by atoms with Crippen LogP contribution in [0.25, 0.3) is 0 Å². The van der Waals surface area contributed by atoms with Gasteiger partial charge in [0.15, 0.2) is 0 Å². The molecule has 3 rings (SSSR count). The van der Waals surface area contributed by atoms with E-state index in [-0.39, 0.29) is 0 Å². The molecule has 1 saturated heterocycles. The molecule has 1 aromatic rings. The molecule has 2 aliphatic heterocycles. The summed E-state index contributed by atoms with van der Waals surface area (Å²) in [7, 11) is 0. The van der Waals surface area contributed by atoms with E-state index in [0.29, 0.717) is 6.04 Å². The Labute approximate surface area is 128 Å². The molecule has 0 radical (unpaired) electrons. The van der Waals surface area contributed by atoms with E-state index >= 15 is 0 Å². The average molecular weight is 289 g/mol. The standard InChI is InChI=1S/C17H27N3O/c1-3-19-8-10-20(11-9-19)15-13-18-12-14-6-5-7-16(17(14)15)21-4-2/h5-7,15,18H,3-4,8-13H2,1-2H3/t15-/m0/s1. The molecule has 2 aliphatic rings. The fourth-order valence-corrected chi connectivity index (χ4v) is 3.55. The van der Waals surface area contributed by atoms with Crippen LogP contribution in [0.2, 0.25) is 0 Å². The summed E-state index contributed by atoms with van der Waals surface area (Å²) in [6.45, 7) is 12.9. The van der Waals surface area contributed by atoms with Gasteiger partial charge in [-0.25, -0.2) is 0 Å². The van der Waals surface area contributed by atoms with Crippen molar-refractivity contribution in [2.24, 2.45) is 0 Å². The molecular formula is C17H27N3O. The first-order valence-corrected chi connectivity index (χ1v) is 8.25. The van der Waals surface area contributed by atoms with Crippen LogP contribution in [-0.4, -0.2) is 55.7 Å². The van der Waals surface area contributed by atoms with Crippen LogP contribution in [0.1, 0.15) is 31.0 Å². The quantitative estimate of drug-likeness (QED) is 0.916. The van der Waals surface area contributed by atoms with E-state index in [9.17, 15) is 0 Å². The molecule has 0 aromatic heterocycles. The molecule has 4 nitrogen and oxygen atoms in total. The molecule has 0 amide bonds. The van der Waals surface area contributed by atoms with Crippen molar-refractivity contribution in [1.29, 1.82) is 0 Å². The number of ether oxygens (including phenoxy) is 1. The van der Waals surface area contributed by atoms with E-state index in [1.165, 1.54) is 24.2 Å². The van der Waals surface area contributed by atoms with Gasteiger partial charge in [0.2, 0.25) is 0 Å². The summed E-state index contributed by atoms with van der Waals surface area (Å²) in [5.74, 6) is 1.08. The van der Waals surface area contributed by atoms with Crippen molar-refractivity contribution in [2.45, 2.75) is 26.4 Å². The van der Waals surface area contributed by atoms with E-state index in [2.05, 4.69) is 47.2 Å². The number of nitrogens with zero attached hydrogens (tertiary/aromatic N) is 2. The fraction of sp³-hybridized carbons (Fsp3) is 0.647. The second-order valence-electron chi connectivity index (χ2n) is 5.88. The van der Waals surface area contributed by atoms with Crippen molar-refractivity contribution in [3.05, 3.63) is 29.3 Å². The molecule has 0 saturated carbocycles. The molecule has 1 fully saturated rings. The van der Waals surface area contributed by atoms with Crippen molar-refractivity contribution in [2.75, 3.05) is 45.9 Å². The van der Waals surface area contributed by atoms with E-state index in [4.69, 9.17) is 4.74 Å². The lowest BCUT2D eigenvalue weighted by Crippen LogP contribution is -2.50. The molecule has 21 heavy (non-hydrogen) atoms. The van der Waals surface area contributed by atoms with Gasteiger partial charge in [-0.1, -0.05) is 19.1 Å². The summed E-state index contributed by atoms with van der Waals surface area (Å²) in [6.07, 6.45) is 0. The molecule has 0 aliphatic carbocycles. The van der Waals surface area contributed by atoms with Crippen LogP contribution in [0.5, 0.6) is 5.75 Å². The summed E-state index contributed by atoms with van der Waals surface area (Å²) in [6, 6.07) is 6.93. The van der Waals surface area contributed by atoms with Crippen LogP contribution in [0.15, 0.2) is 18.2 Å². The van der Waals surface area contributed by atoms with Gasteiger partial charge < -0.3 is 15.0 Å². The first kappa shape index (κ1) is 14.8. The van der Waals surface area contributed by atoms with Gasteiger partial charge >= 0.3 is 0 Å². The predicted molar refractivity (Wildman–Crippen MR) is 85.7 cm³/mol. The average Bonchev–Trinajstić information content (AvgIpc) is 2.55. The minimum absolute atomic E-state index is 0.454. The van der Waals surface area contributed by atoms with Gasteiger partial charge in [-0.15, -0.1) is 0 Å². The molecular weight excluding hydrogens is 262 g/mol. The second-order valence-corrected chi connectivity index (χ2v) is 5.88. The zero-order valence-corrected chi connectivity index (χ0v) is 13.3. The van der Waals surface area contributed by atoms with Gasteiger partial charge in [0.05, 0.1) is 12.6 Å². The summed E-state index contributed by atoms with van der Waals surface area (Å²) < 4.78 is 5.90. The van der Waals surface area contributed by atoms with Crippen molar-refractivity contribution < 1.29 is 4.74 Å². The maximum Gasteiger partial charge on any atom is 0.124 e. The first-order valence-electron chi connectivity index (χ1n) is 8.25. The van der Waals surface area contributed by atoms with Gasteiger partial charge in [-0.05, 0) is 25.1 Å². The third-order valence-corrected chi connectivity index (χ3v) is 4.74. The highest BCUT2D eigenvalue weighted by Gasteiger charge is 2.30. The van der Waals surface area contributed by atoms with Gasteiger partial charge in [0.25, 0.3) is 0 Å². The van der Waals surface area contributed by atoms with Gasteiger partial charge in [-0.3, -0.25) is 4.90 Å². The van der Waals surface area contributed by atoms with Gasteiger partial charge in [0, 0.05) is 44.8 Å². The molecule has 4 heteroatoms. The fourth-order valence-electron chi connectivity index (χ4n) is 3.55. The Balaban J connectivity index is 1.83. The molecule has 1 aromatic carbocycles. The Bertz CT molecular complexity index is 469. The monoisotopic (exact) mass is 289 g/mol. The molecule has 0 spiro atoms. The number of hydrogen-bond acceptors (Lipinski definition) is 4. The highest BCUT2D eigenvalue weighted by atomic mass is 16.5. The summed E-state index contributed by atoms with van der Waals surface area (Å²) >= 11 is 0. The number of hydrogen-bond donors (Lipinski definition) is 1. The zero-order chi connectivity index (χ0) is 14.7. The number of piperazine rings is 1. The third-order valence-electron chi connectivity index (χ3n) is 4.74. The van der Waals surface area contributed by atoms with Crippen LogP contribution in [0.4, 0.5) is 0 Å². The second kappa shape index (κ2) is 6.77. The predicted octanol–water partition coefficient (Wildman–Crippen LogP) is 1.87. The largest absolute Gasteiger partial charge is 0.494 e. The smallest absolute Gasteiger partial charge is 0.124 e. The number of likely N-dealkylation sites (N-methyl/N-ethyl adjacent to an activating group) is 1. The Hall–Kier alpha value is -1.10. The molecule has 116 valence electrons.